The number of ether oxygens (including phenoxy) is 1. The van der Waals surface area contributed by atoms with E-state index in [1.165, 1.54) is 0 Å². The first-order valence-corrected chi connectivity index (χ1v) is 10.5. The molecule has 3 aromatic rings. The maximum Gasteiger partial charge on any atom is 0.255 e. The highest BCUT2D eigenvalue weighted by Gasteiger charge is 2.42. The molecule has 0 saturated carbocycles. The second kappa shape index (κ2) is 8.75. The maximum absolute atomic E-state index is 13.8. The molecule has 6 heteroatoms. The molecule has 0 aliphatic carbocycles. The normalized spacial score (nSPS) is 16.3. The average molecular weight is 430 g/mol. The van der Waals surface area contributed by atoms with Crippen molar-refractivity contribution in [2.75, 3.05) is 42.4 Å². The molecule has 1 aliphatic rings. The van der Waals surface area contributed by atoms with Crippen LogP contribution in [0.15, 0.2) is 72.8 Å². The van der Waals surface area contributed by atoms with Crippen LogP contribution in [0.1, 0.15) is 17.2 Å². The largest absolute Gasteiger partial charge is 0.497 e. The summed E-state index contributed by atoms with van der Waals surface area (Å²) in [6, 6.07) is 21.9. The number of nitrogens with zero attached hydrogens (tertiary/aromatic N) is 3. The summed E-state index contributed by atoms with van der Waals surface area (Å²) >= 11 is 0. The van der Waals surface area contributed by atoms with Crippen molar-refractivity contribution in [3.8, 4) is 5.75 Å². The van der Waals surface area contributed by atoms with Crippen molar-refractivity contribution in [1.29, 1.82) is 0 Å². The lowest BCUT2D eigenvalue weighted by Crippen LogP contribution is -2.56. The summed E-state index contributed by atoms with van der Waals surface area (Å²) in [6.45, 7) is 1.94. The second-order valence-electron chi connectivity index (χ2n) is 8.06. The SMILES string of the molecule is COc1ccc(N2C(=O)CN(c3ccccc3C)C(=O)[C@H]2c2ccc(N(C)C)cc2)cc1. The van der Waals surface area contributed by atoms with E-state index in [9.17, 15) is 9.59 Å². The summed E-state index contributed by atoms with van der Waals surface area (Å²) in [5.41, 5.74) is 4.16. The summed E-state index contributed by atoms with van der Waals surface area (Å²) in [7, 11) is 5.53. The average Bonchev–Trinajstić information content (AvgIpc) is 2.81. The number of methoxy groups -OCH3 is 1. The second-order valence-corrected chi connectivity index (χ2v) is 8.06. The lowest BCUT2D eigenvalue weighted by molar-refractivity contribution is -0.128. The molecule has 0 aromatic heterocycles. The lowest BCUT2D eigenvalue weighted by Gasteiger charge is -2.41. The molecule has 164 valence electrons. The van der Waals surface area contributed by atoms with Crippen molar-refractivity contribution in [2.45, 2.75) is 13.0 Å². The van der Waals surface area contributed by atoms with Crippen LogP contribution in [0.3, 0.4) is 0 Å². The van der Waals surface area contributed by atoms with E-state index >= 15 is 0 Å². The minimum atomic E-state index is -0.763. The van der Waals surface area contributed by atoms with Crippen molar-refractivity contribution in [3.63, 3.8) is 0 Å². The van der Waals surface area contributed by atoms with Gasteiger partial charge in [0.25, 0.3) is 5.91 Å². The summed E-state index contributed by atoms with van der Waals surface area (Å²) in [4.78, 5) is 32.5. The number of aryl methyl sites for hydroxylation is 1. The van der Waals surface area contributed by atoms with Crippen LogP contribution in [0, 0.1) is 6.92 Å². The quantitative estimate of drug-likeness (QED) is 0.610. The van der Waals surface area contributed by atoms with Gasteiger partial charge in [0.15, 0.2) is 0 Å². The fraction of sp³-hybridized carbons (Fsp3) is 0.231. The Morgan fingerprint density at radius 3 is 2.16 bits per heavy atom. The molecule has 1 heterocycles. The Morgan fingerprint density at radius 2 is 1.56 bits per heavy atom. The number of benzene rings is 3. The molecular weight excluding hydrogens is 402 g/mol. The number of piperazine rings is 1. The molecule has 6 nitrogen and oxygen atoms in total. The minimum Gasteiger partial charge on any atom is -0.497 e. The van der Waals surface area contributed by atoms with E-state index in [1.54, 1.807) is 29.0 Å². The van der Waals surface area contributed by atoms with Gasteiger partial charge in [-0.2, -0.15) is 0 Å². The van der Waals surface area contributed by atoms with E-state index in [4.69, 9.17) is 4.74 Å². The molecule has 2 amide bonds. The summed E-state index contributed by atoms with van der Waals surface area (Å²) in [5.74, 6) is 0.421. The highest BCUT2D eigenvalue weighted by atomic mass is 16.5. The Morgan fingerprint density at radius 1 is 0.906 bits per heavy atom. The highest BCUT2D eigenvalue weighted by Crippen LogP contribution is 2.36. The number of carbonyl (C=O) groups is 2. The fourth-order valence-corrected chi connectivity index (χ4v) is 4.04. The van der Waals surface area contributed by atoms with Gasteiger partial charge < -0.3 is 14.5 Å². The van der Waals surface area contributed by atoms with Gasteiger partial charge in [-0.25, -0.2) is 0 Å². The van der Waals surface area contributed by atoms with Crippen LogP contribution in [0.2, 0.25) is 0 Å². The van der Waals surface area contributed by atoms with E-state index in [0.29, 0.717) is 11.4 Å². The van der Waals surface area contributed by atoms with E-state index in [-0.39, 0.29) is 18.4 Å². The van der Waals surface area contributed by atoms with Crippen LogP contribution >= 0.6 is 0 Å². The molecular formula is C26H27N3O3. The Bertz CT molecular complexity index is 1120. The number of anilines is 3. The number of rotatable bonds is 5. The third-order valence-corrected chi connectivity index (χ3v) is 5.80. The molecule has 0 N–H and O–H groups in total. The van der Waals surface area contributed by atoms with Gasteiger partial charge in [-0.1, -0.05) is 30.3 Å². The molecule has 0 radical (unpaired) electrons. The van der Waals surface area contributed by atoms with E-state index in [2.05, 4.69) is 0 Å². The van der Waals surface area contributed by atoms with Gasteiger partial charge in [-0.15, -0.1) is 0 Å². The first-order chi connectivity index (χ1) is 15.4. The van der Waals surface area contributed by atoms with Gasteiger partial charge in [0, 0.05) is 31.2 Å². The summed E-state index contributed by atoms with van der Waals surface area (Å²) < 4.78 is 5.26. The Balaban J connectivity index is 1.80. The van der Waals surface area contributed by atoms with Crippen LogP contribution in [0.4, 0.5) is 17.1 Å². The molecule has 4 rings (SSSR count). The number of amides is 2. The van der Waals surface area contributed by atoms with Crippen LogP contribution in [0.5, 0.6) is 5.75 Å². The zero-order chi connectivity index (χ0) is 22.8. The van der Waals surface area contributed by atoms with Crippen LogP contribution < -0.4 is 19.4 Å². The Kier molecular flexibility index (Phi) is 5.86. The van der Waals surface area contributed by atoms with Gasteiger partial charge in [0.1, 0.15) is 18.3 Å². The zero-order valence-corrected chi connectivity index (χ0v) is 18.8. The monoisotopic (exact) mass is 429 g/mol. The fourth-order valence-electron chi connectivity index (χ4n) is 4.04. The standard InChI is InChI=1S/C26H27N3O3/c1-18-7-5-6-8-23(18)28-17-24(30)29(21-13-15-22(32-4)16-14-21)25(26(28)31)19-9-11-20(12-10-19)27(2)3/h5-16,25H,17H2,1-4H3/t25-/m1/s1. The number of carbonyl (C=O) groups excluding carboxylic acids is 2. The van der Waals surface area contributed by atoms with E-state index in [0.717, 1.165) is 22.5 Å². The molecule has 1 aliphatic heterocycles. The van der Waals surface area contributed by atoms with Gasteiger partial charge in [0.2, 0.25) is 5.91 Å². The van der Waals surface area contributed by atoms with Crippen molar-refractivity contribution in [3.05, 3.63) is 83.9 Å². The van der Waals surface area contributed by atoms with E-state index < -0.39 is 6.04 Å². The smallest absolute Gasteiger partial charge is 0.255 e. The van der Waals surface area contributed by atoms with Crippen molar-refractivity contribution in [1.82, 2.24) is 0 Å². The van der Waals surface area contributed by atoms with Gasteiger partial charge >= 0.3 is 0 Å². The zero-order valence-electron chi connectivity index (χ0n) is 18.8. The molecule has 0 bridgehead atoms. The number of hydrogen-bond donors (Lipinski definition) is 0. The molecule has 0 unspecified atom stereocenters. The molecule has 0 spiro atoms. The third kappa shape index (κ3) is 3.91. The van der Waals surface area contributed by atoms with Crippen molar-refractivity contribution in [2.24, 2.45) is 0 Å². The molecule has 1 atom stereocenters. The summed E-state index contributed by atoms with van der Waals surface area (Å²) in [5, 5.41) is 0. The topological polar surface area (TPSA) is 53.1 Å². The molecule has 32 heavy (non-hydrogen) atoms. The van der Waals surface area contributed by atoms with Crippen LogP contribution in [0.25, 0.3) is 0 Å². The highest BCUT2D eigenvalue weighted by molar-refractivity contribution is 6.14. The molecule has 3 aromatic carbocycles. The van der Waals surface area contributed by atoms with Gasteiger partial charge in [-0.05, 0) is 60.5 Å². The summed E-state index contributed by atoms with van der Waals surface area (Å²) in [6.07, 6.45) is 0. The van der Waals surface area contributed by atoms with Crippen molar-refractivity contribution < 1.29 is 14.3 Å². The number of para-hydroxylation sites is 1. The number of hydrogen-bond acceptors (Lipinski definition) is 4. The van der Waals surface area contributed by atoms with E-state index in [1.807, 2.05) is 86.6 Å². The Hall–Kier alpha value is -3.80. The van der Waals surface area contributed by atoms with Crippen molar-refractivity contribution >= 4 is 28.9 Å². The molecule has 1 saturated heterocycles. The predicted molar refractivity (Wildman–Crippen MR) is 128 cm³/mol. The predicted octanol–water partition coefficient (Wildman–Crippen LogP) is 4.19. The van der Waals surface area contributed by atoms with Crippen LogP contribution in [-0.2, 0) is 9.59 Å². The Labute approximate surface area is 188 Å². The molecule has 1 fully saturated rings. The minimum absolute atomic E-state index is 0.0119. The van der Waals surface area contributed by atoms with Crippen LogP contribution in [-0.4, -0.2) is 39.6 Å². The first-order valence-electron chi connectivity index (χ1n) is 10.5. The maximum atomic E-state index is 13.8. The lowest BCUT2D eigenvalue weighted by atomic mass is 9.98. The third-order valence-electron chi connectivity index (χ3n) is 5.80. The first kappa shape index (κ1) is 21.4. The van der Waals surface area contributed by atoms with Gasteiger partial charge in [0.05, 0.1) is 7.11 Å². The van der Waals surface area contributed by atoms with Gasteiger partial charge in [-0.3, -0.25) is 14.5 Å².